The zero-order valence-corrected chi connectivity index (χ0v) is 17.9. The van der Waals surface area contributed by atoms with Gasteiger partial charge in [0, 0.05) is 16.8 Å². The monoisotopic (exact) mass is 425 g/mol. The standard InChI is InChI=1S/C26H23N3O3/c1-4-24(30)28-22-7-5-6-18(15(22)2)19-12-13-20(26(27)31)25-21(19)14-23(29-25)16-8-10-17(32-3)11-9-16/h4-14,29H,1H2,2-3H3,(H2,27,31)(H,28,30). The average molecular weight is 425 g/mol. The molecule has 0 aliphatic rings. The van der Waals surface area contributed by atoms with Gasteiger partial charge in [0.2, 0.25) is 5.91 Å². The molecule has 3 aromatic carbocycles. The molecule has 6 heteroatoms. The van der Waals surface area contributed by atoms with Crippen molar-refractivity contribution in [2.24, 2.45) is 5.73 Å². The lowest BCUT2D eigenvalue weighted by Crippen LogP contribution is -2.11. The van der Waals surface area contributed by atoms with Crippen LogP contribution in [-0.2, 0) is 4.79 Å². The van der Waals surface area contributed by atoms with Gasteiger partial charge in [-0.2, -0.15) is 0 Å². The van der Waals surface area contributed by atoms with Crippen LogP contribution in [0.2, 0.25) is 0 Å². The number of fused-ring (bicyclic) bond motifs is 1. The Kier molecular flexibility index (Phi) is 5.52. The number of rotatable bonds is 6. The zero-order chi connectivity index (χ0) is 22.8. The number of carbonyl (C=O) groups excluding carboxylic acids is 2. The number of hydrogen-bond acceptors (Lipinski definition) is 3. The summed E-state index contributed by atoms with van der Waals surface area (Å²) in [7, 11) is 1.62. The number of aromatic amines is 1. The molecule has 0 saturated carbocycles. The molecule has 0 atom stereocenters. The van der Waals surface area contributed by atoms with Crippen molar-refractivity contribution in [1.82, 2.24) is 4.98 Å². The molecule has 160 valence electrons. The van der Waals surface area contributed by atoms with E-state index >= 15 is 0 Å². The molecule has 0 aliphatic heterocycles. The molecule has 32 heavy (non-hydrogen) atoms. The van der Waals surface area contributed by atoms with Crippen LogP contribution in [0.15, 0.2) is 73.3 Å². The average Bonchev–Trinajstić information content (AvgIpc) is 3.25. The van der Waals surface area contributed by atoms with Crippen molar-refractivity contribution >= 4 is 28.4 Å². The number of methoxy groups -OCH3 is 1. The summed E-state index contributed by atoms with van der Waals surface area (Å²) >= 11 is 0. The minimum absolute atomic E-state index is 0.275. The summed E-state index contributed by atoms with van der Waals surface area (Å²) in [6, 6.07) is 19.0. The van der Waals surface area contributed by atoms with E-state index in [4.69, 9.17) is 10.5 Å². The molecule has 0 spiro atoms. The molecule has 1 heterocycles. The maximum absolute atomic E-state index is 12.1. The molecule has 0 radical (unpaired) electrons. The third-order valence-corrected chi connectivity index (χ3v) is 5.53. The number of aromatic nitrogens is 1. The van der Waals surface area contributed by atoms with Crippen molar-refractivity contribution in [1.29, 1.82) is 0 Å². The maximum Gasteiger partial charge on any atom is 0.250 e. The number of amides is 2. The molecule has 6 nitrogen and oxygen atoms in total. The lowest BCUT2D eigenvalue weighted by molar-refractivity contribution is -0.111. The van der Waals surface area contributed by atoms with Crippen molar-refractivity contribution in [3.05, 3.63) is 84.4 Å². The van der Waals surface area contributed by atoms with Gasteiger partial charge < -0.3 is 20.8 Å². The van der Waals surface area contributed by atoms with Crippen molar-refractivity contribution in [2.45, 2.75) is 6.92 Å². The number of benzene rings is 3. The van der Waals surface area contributed by atoms with Crippen LogP contribution in [0.25, 0.3) is 33.3 Å². The number of ether oxygens (including phenoxy) is 1. The summed E-state index contributed by atoms with van der Waals surface area (Å²) in [5, 5.41) is 3.70. The molecular formula is C26H23N3O3. The van der Waals surface area contributed by atoms with Crippen molar-refractivity contribution in [2.75, 3.05) is 12.4 Å². The van der Waals surface area contributed by atoms with Gasteiger partial charge in [-0.25, -0.2) is 0 Å². The van der Waals surface area contributed by atoms with E-state index in [-0.39, 0.29) is 5.91 Å². The van der Waals surface area contributed by atoms with Crippen LogP contribution in [0.4, 0.5) is 5.69 Å². The highest BCUT2D eigenvalue weighted by atomic mass is 16.5. The number of primary amides is 1. The number of hydrogen-bond donors (Lipinski definition) is 3. The Morgan fingerprint density at radius 2 is 1.81 bits per heavy atom. The molecule has 0 bridgehead atoms. The van der Waals surface area contributed by atoms with Crippen LogP contribution in [0.3, 0.4) is 0 Å². The Bertz CT molecular complexity index is 1350. The molecule has 2 amide bonds. The molecule has 4 aromatic rings. The fraction of sp³-hybridized carbons (Fsp3) is 0.0769. The van der Waals surface area contributed by atoms with E-state index < -0.39 is 5.91 Å². The van der Waals surface area contributed by atoms with Crippen molar-refractivity contribution in [3.8, 4) is 28.1 Å². The van der Waals surface area contributed by atoms with E-state index in [0.717, 1.165) is 39.1 Å². The SMILES string of the molecule is C=CC(=O)Nc1cccc(-c2ccc(C(N)=O)c3[nH]c(-c4ccc(OC)cc4)cc23)c1C. The van der Waals surface area contributed by atoms with E-state index in [0.29, 0.717) is 16.8 Å². The normalized spacial score (nSPS) is 10.7. The van der Waals surface area contributed by atoms with Crippen LogP contribution in [0.1, 0.15) is 15.9 Å². The first-order chi connectivity index (χ1) is 15.4. The van der Waals surface area contributed by atoms with Gasteiger partial charge in [0.1, 0.15) is 5.75 Å². The van der Waals surface area contributed by atoms with Crippen molar-refractivity contribution < 1.29 is 14.3 Å². The third-order valence-electron chi connectivity index (χ3n) is 5.53. The quantitative estimate of drug-likeness (QED) is 0.377. The first kappa shape index (κ1) is 20.9. The van der Waals surface area contributed by atoms with Gasteiger partial charge in [-0.3, -0.25) is 9.59 Å². The Morgan fingerprint density at radius 3 is 2.47 bits per heavy atom. The van der Waals surface area contributed by atoms with Crippen LogP contribution >= 0.6 is 0 Å². The van der Waals surface area contributed by atoms with Crippen molar-refractivity contribution in [3.63, 3.8) is 0 Å². The number of carbonyl (C=O) groups is 2. The lowest BCUT2D eigenvalue weighted by Gasteiger charge is -2.13. The Balaban J connectivity index is 1.91. The van der Waals surface area contributed by atoms with E-state index in [1.165, 1.54) is 6.08 Å². The van der Waals surface area contributed by atoms with E-state index in [2.05, 4.69) is 16.9 Å². The Hall–Kier alpha value is -4.32. The van der Waals surface area contributed by atoms with Gasteiger partial charge in [-0.15, -0.1) is 0 Å². The minimum Gasteiger partial charge on any atom is -0.497 e. The van der Waals surface area contributed by atoms with Gasteiger partial charge in [0.25, 0.3) is 5.91 Å². The topological polar surface area (TPSA) is 97.2 Å². The molecule has 4 N–H and O–H groups in total. The number of nitrogens with one attached hydrogen (secondary N) is 2. The van der Waals surface area contributed by atoms with Gasteiger partial charge >= 0.3 is 0 Å². The van der Waals surface area contributed by atoms with Crippen LogP contribution < -0.4 is 15.8 Å². The highest BCUT2D eigenvalue weighted by Crippen LogP contribution is 2.37. The maximum atomic E-state index is 12.1. The van der Waals surface area contributed by atoms with Gasteiger partial charge in [0.15, 0.2) is 0 Å². The summed E-state index contributed by atoms with van der Waals surface area (Å²) in [5.41, 5.74) is 12.0. The summed E-state index contributed by atoms with van der Waals surface area (Å²) in [4.78, 5) is 27.3. The van der Waals surface area contributed by atoms with Gasteiger partial charge in [-0.05, 0) is 77.7 Å². The Morgan fingerprint density at radius 1 is 1.06 bits per heavy atom. The fourth-order valence-electron chi connectivity index (χ4n) is 3.83. The summed E-state index contributed by atoms with van der Waals surface area (Å²) in [6.07, 6.45) is 1.24. The lowest BCUT2D eigenvalue weighted by atomic mass is 9.94. The second kappa shape index (κ2) is 8.43. The molecule has 1 aromatic heterocycles. The first-order valence-electron chi connectivity index (χ1n) is 10.1. The molecule has 0 aliphatic carbocycles. The smallest absolute Gasteiger partial charge is 0.250 e. The largest absolute Gasteiger partial charge is 0.497 e. The van der Waals surface area contributed by atoms with E-state index in [9.17, 15) is 9.59 Å². The van der Waals surface area contributed by atoms with Crippen LogP contribution in [0.5, 0.6) is 5.75 Å². The summed E-state index contributed by atoms with van der Waals surface area (Å²) in [5.74, 6) is -0.0197. The predicted octanol–water partition coefficient (Wildman–Crippen LogP) is 5.04. The summed E-state index contributed by atoms with van der Waals surface area (Å²) < 4.78 is 5.24. The minimum atomic E-state index is -0.506. The zero-order valence-electron chi connectivity index (χ0n) is 17.9. The van der Waals surface area contributed by atoms with E-state index in [1.54, 1.807) is 13.2 Å². The number of H-pyrrole nitrogens is 1. The first-order valence-corrected chi connectivity index (χ1v) is 10.1. The third kappa shape index (κ3) is 3.74. The molecule has 4 rings (SSSR count). The fourth-order valence-corrected chi connectivity index (χ4v) is 3.83. The van der Waals surface area contributed by atoms with Gasteiger partial charge in [-0.1, -0.05) is 24.8 Å². The van der Waals surface area contributed by atoms with E-state index in [1.807, 2.05) is 61.5 Å². The summed E-state index contributed by atoms with van der Waals surface area (Å²) in [6.45, 7) is 5.45. The predicted molar refractivity (Wildman–Crippen MR) is 128 cm³/mol. The van der Waals surface area contributed by atoms with Crippen LogP contribution in [-0.4, -0.2) is 23.9 Å². The molecule has 0 unspecified atom stereocenters. The molecular weight excluding hydrogens is 402 g/mol. The molecule has 0 fully saturated rings. The number of anilines is 1. The van der Waals surface area contributed by atoms with Gasteiger partial charge in [0.05, 0.1) is 18.2 Å². The highest BCUT2D eigenvalue weighted by Gasteiger charge is 2.17. The molecule has 0 saturated heterocycles. The number of nitrogens with two attached hydrogens (primary N) is 1. The second-order valence-electron chi connectivity index (χ2n) is 7.40. The van der Waals surface area contributed by atoms with Crippen LogP contribution in [0, 0.1) is 6.92 Å². The Labute approximate surface area is 185 Å². The second-order valence-corrected chi connectivity index (χ2v) is 7.40. The highest BCUT2D eigenvalue weighted by molar-refractivity contribution is 6.11.